The van der Waals surface area contributed by atoms with Crippen LogP contribution in [-0.2, 0) is 0 Å². The van der Waals surface area contributed by atoms with Crippen molar-refractivity contribution in [2.75, 3.05) is 32.1 Å². The summed E-state index contributed by atoms with van der Waals surface area (Å²) in [5.41, 5.74) is 1.19. The van der Waals surface area contributed by atoms with E-state index in [1.807, 2.05) is 19.2 Å². The fourth-order valence-electron chi connectivity index (χ4n) is 2.65. The maximum Gasteiger partial charge on any atom is 0.139 e. The number of piperidine rings is 1. The highest BCUT2D eigenvalue weighted by atomic mass is 35.5. The average Bonchev–Trinajstić information content (AvgIpc) is 2.39. The first-order chi connectivity index (χ1) is 8.65. The molecule has 0 saturated carbocycles. The van der Waals surface area contributed by atoms with Crippen molar-refractivity contribution < 1.29 is 4.74 Å². The summed E-state index contributed by atoms with van der Waals surface area (Å²) in [6, 6.07) is 6.62. The van der Waals surface area contributed by atoms with Crippen molar-refractivity contribution in [2.45, 2.75) is 19.4 Å². The van der Waals surface area contributed by atoms with Gasteiger partial charge >= 0.3 is 0 Å². The van der Waals surface area contributed by atoms with Crippen molar-refractivity contribution in [1.29, 1.82) is 0 Å². The fraction of sp³-hybridized carbons (Fsp3) is 0.571. The molecule has 18 heavy (non-hydrogen) atoms. The lowest BCUT2D eigenvalue weighted by Gasteiger charge is -2.38. The highest BCUT2D eigenvalue weighted by Crippen LogP contribution is 2.31. The Hall–Kier alpha value is -0.930. The molecular formula is C14H21ClN2O. The molecular weight excluding hydrogens is 248 g/mol. The van der Waals surface area contributed by atoms with Crippen LogP contribution in [0.15, 0.2) is 18.2 Å². The largest absolute Gasteiger partial charge is 0.495 e. The molecule has 1 N–H and O–H groups in total. The number of halogens is 1. The van der Waals surface area contributed by atoms with E-state index in [0.717, 1.165) is 18.8 Å². The first kappa shape index (κ1) is 13.5. The van der Waals surface area contributed by atoms with Crippen molar-refractivity contribution in [3.8, 4) is 5.75 Å². The van der Waals surface area contributed by atoms with Gasteiger partial charge < -0.3 is 15.0 Å². The molecule has 1 aliphatic rings. The lowest BCUT2D eigenvalue weighted by molar-refractivity contribution is 0.338. The van der Waals surface area contributed by atoms with Gasteiger partial charge in [-0.3, -0.25) is 0 Å². The SMILES string of the molecule is CNC1CCN(c2ccc(Cl)c(OC)c2)CC1C. The molecule has 0 radical (unpaired) electrons. The molecule has 2 unspecified atom stereocenters. The van der Waals surface area contributed by atoms with Crippen LogP contribution >= 0.6 is 11.6 Å². The van der Waals surface area contributed by atoms with Gasteiger partial charge in [-0.05, 0) is 31.5 Å². The third-order valence-electron chi connectivity index (χ3n) is 3.78. The van der Waals surface area contributed by atoms with Crippen LogP contribution in [0.4, 0.5) is 5.69 Å². The number of hydrogen-bond acceptors (Lipinski definition) is 3. The maximum absolute atomic E-state index is 6.06. The summed E-state index contributed by atoms with van der Waals surface area (Å²) in [7, 11) is 3.70. The summed E-state index contributed by atoms with van der Waals surface area (Å²) >= 11 is 6.06. The molecule has 1 aromatic rings. The van der Waals surface area contributed by atoms with Gasteiger partial charge in [-0.15, -0.1) is 0 Å². The highest BCUT2D eigenvalue weighted by Gasteiger charge is 2.25. The van der Waals surface area contributed by atoms with Gasteiger partial charge in [0.15, 0.2) is 0 Å². The van der Waals surface area contributed by atoms with E-state index >= 15 is 0 Å². The van der Waals surface area contributed by atoms with Crippen LogP contribution in [0.5, 0.6) is 5.75 Å². The zero-order valence-corrected chi connectivity index (χ0v) is 12.0. The van der Waals surface area contributed by atoms with Gasteiger partial charge in [0.05, 0.1) is 12.1 Å². The molecule has 1 aromatic carbocycles. The Kier molecular flexibility index (Phi) is 4.36. The van der Waals surface area contributed by atoms with Gasteiger partial charge in [0.1, 0.15) is 5.75 Å². The minimum Gasteiger partial charge on any atom is -0.495 e. The van der Waals surface area contributed by atoms with E-state index in [9.17, 15) is 0 Å². The molecule has 1 saturated heterocycles. The van der Waals surface area contributed by atoms with Crippen molar-refractivity contribution in [1.82, 2.24) is 5.32 Å². The van der Waals surface area contributed by atoms with Crippen LogP contribution in [0.25, 0.3) is 0 Å². The number of benzene rings is 1. The van der Waals surface area contributed by atoms with Crippen LogP contribution in [0.1, 0.15) is 13.3 Å². The number of methoxy groups -OCH3 is 1. The van der Waals surface area contributed by atoms with Gasteiger partial charge in [-0.25, -0.2) is 0 Å². The molecule has 2 atom stereocenters. The number of nitrogens with one attached hydrogen (secondary N) is 1. The van der Waals surface area contributed by atoms with Crippen molar-refractivity contribution in [3.05, 3.63) is 23.2 Å². The second-order valence-electron chi connectivity index (χ2n) is 4.93. The van der Waals surface area contributed by atoms with Gasteiger partial charge in [-0.2, -0.15) is 0 Å². The van der Waals surface area contributed by atoms with Crippen molar-refractivity contribution in [2.24, 2.45) is 5.92 Å². The molecule has 0 aromatic heterocycles. The number of rotatable bonds is 3. The Morgan fingerprint density at radius 3 is 2.83 bits per heavy atom. The summed E-state index contributed by atoms with van der Waals surface area (Å²) in [4.78, 5) is 2.40. The first-order valence-electron chi connectivity index (χ1n) is 6.41. The molecule has 0 aliphatic carbocycles. The van der Waals surface area contributed by atoms with Crippen LogP contribution in [0, 0.1) is 5.92 Å². The summed E-state index contributed by atoms with van der Waals surface area (Å²) < 4.78 is 5.27. The van der Waals surface area contributed by atoms with Gasteiger partial charge in [-0.1, -0.05) is 18.5 Å². The fourth-order valence-corrected chi connectivity index (χ4v) is 2.85. The van der Waals surface area contributed by atoms with Crippen molar-refractivity contribution in [3.63, 3.8) is 0 Å². The van der Waals surface area contributed by atoms with Gasteiger partial charge in [0.2, 0.25) is 0 Å². The van der Waals surface area contributed by atoms with E-state index in [1.54, 1.807) is 7.11 Å². The Balaban J connectivity index is 2.13. The van der Waals surface area contributed by atoms with E-state index in [-0.39, 0.29) is 0 Å². The van der Waals surface area contributed by atoms with Gasteiger partial charge in [0, 0.05) is 30.9 Å². The monoisotopic (exact) mass is 268 g/mol. The zero-order valence-electron chi connectivity index (χ0n) is 11.2. The van der Waals surface area contributed by atoms with Gasteiger partial charge in [0.25, 0.3) is 0 Å². The van der Waals surface area contributed by atoms with E-state index < -0.39 is 0 Å². The molecule has 4 heteroatoms. The highest BCUT2D eigenvalue weighted by molar-refractivity contribution is 6.32. The number of ether oxygens (including phenoxy) is 1. The third kappa shape index (κ3) is 2.73. The average molecular weight is 269 g/mol. The molecule has 1 fully saturated rings. The molecule has 2 rings (SSSR count). The minimum absolute atomic E-state index is 0.621. The first-order valence-corrected chi connectivity index (χ1v) is 6.79. The summed E-state index contributed by atoms with van der Waals surface area (Å²) in [5, 5.41) is 4.05. The number of anilines is 1. The second kappa shape index (κ2) is 5.81. The summed E-state index contributed by atoms with van der Waals surface area (Å²) in [6.07, 6.45) is 1.17. The predicted molar refractivity (Wildman–Crippen MR) is 76.8 cm³/mol. The predicted octanol–water partition coefficient (Wildman–Crippen LogP) is 2.78. The van der Waals surface area contributed by atoms with Crippen LogP contribution < -0.4 is 15.0 Å². The number of hydrogen-bond donors (Lipinski definition) is 1. The summed E-state index contributed by atoms with van der Waals surface area (Å²) in [6.45, 7) is 4.43. The number of nitrogens with zero attached hydrogens (tertiary/aromatic N) is 1. The van der Waals surface area contributed by atoms with E-state index in [4.69, 9.17) is 16.3 Å². The minimum atomic E-state index is 0.621. The molecule has 3 nitrogen and oxygen atoms in total. The summed E-state index contributed by atoms with van der Waals surface area (Å²) in [5.74, 6) is 1.39. The third-order valence-corrected chi connectivity index (χ3v) is 4.09. The van der Waals surface area contributed by atoms with E-state index in [2.05, 4.69) is 23.2 Å². The quantitative estimate of drug-likeness (QED) is 0.912. The Morgan fingerprint density at radius 1 is 1.44 bits per heavy atom. The van der Waals surface area contributed by atoms with Crippen LogP contribution in [-0.4, -0.2) is 33.3 Å². The molecule has 0 bridgehead atoms. The van der Waals surface area contributed by atoms with Crippen LogP contribution in [0.3, 0.4) is 0 Å². The smallest absolute Gasteiger partial charge is 0.139 e. The lowest BCUT2D eigenvalue weighted by Crippen LogP contribution is -2.47. The lowest BCUT2D eigenvalue weighted by atomic mass is 9.93. The molecule has 1 aliphatic heterocycles. The Bertz CT molecular complexity index is 411. The Labute approximate surface area is 114 Å². The topological polar surface area (TPSA) is 24.5 Å². The molecule has 0 spiro atoms. The zero-order chi connectivity index (χ0) is 13.1. The molecule has 0 amide bonds. The molecule has 1 heterocycles. The molecule has 100 valence electrons. The second-order valence-corrected chi connectivity index (χ2v) is 5.33. The maximum atomic E-state index is 6.06. The normalized spacial score (nSPS) is 24.1. The Morgan fingerprint density at radius 2 is 2.22 bits per heavy atom. The van der Waals surface area contributed by atoms with Crippen LogP contribution in [0.2, 0.25) is 5.02 Å². The van der Waals surface area contributed by atoms with E-state index in [1.165, 1.54) is 12.1 Å². The van der Waals surface area contributed by atoms with Crippen molar-refractivity contribution >= 4 is 17.3 Å². The standard InChI is InChI=1S/C14H21ClN2O/c1-10-9-17(7-6-13(10)16-2)11-4-5-12(15)14(8-11)18-3/h4-5,8,10,13,16H,6-7,9H2,1-3H3. The van der Waals surface area contributed by atoms with E-state index in [0.29, 0.717) is 17.0 Å².